The highest BCUT2D eigenvalue weighted by molar-refractivity contribution is 9.10. The molecule has 2 aromatic rings. The first-order chi connectivity index (χ1) is 9.97. The number of hydrogen-bond donors (Lipinski definition) is 2. The van der Waals surface area contributed by atoms with Crippen molar-refractivity contribution >= 4 is 27.7 Å². The van der Waals surface area contributed by atoms with Gasteiger partial charge in [-0.2, -0.15) is 0 Å². The molecule has 0 atom stereocenters. The van der Waals surface area contributed by atoms with Crippen molar-refractivity contribution in [2.24, 2.45) is 5.92 Å². The van der Waals surface area contributed by atoms with Crippen LogP contribution in [0.25, 0.3) is 5.69 Å². The average Bonchev–Trinajstić information content (AvgIpc) is 2.94. The fraction of sp³-hybridized carbons (Fsp3) is 0.231. The van der Waals surface area contributed by atoms with Crippen LogP contribution in [-0.2, 0) is 4.79 Å². The first kappa shape index (κ1) is 15.2. The quantitative estimate of drug-likeness (QED) is 0.819. The van der Waals surface area contributed by atoms with Gasteiger partial charge in [0.05, 0.1) is 11.9 Å². The maximum Gasteiger partial charge on any atom is 0.291 e. The molecule has 110 valence electrons. The molecule has 21 heavy (non-hydrogen) atoms. The van der Waals surface area contributed by atoms with E-state index in [-0.39, 0.29) is 17.5 Å². The van der Waals surface area contributed by atoms with Crippen LogP contribution < -0.4 is 10.9 Å². The molecule has 0 radical (unpaired) electrons. The van der Waals surface area contributed by atoms with Gasteiger partial charge in [-0.05, 0) is 18.2 Å². The number of aromatic nitrogens is 3. The number of hydrogen-bond acceptors (Lipinski definition) is 4. The summed E-state index contributed by atoms with van der Waals surface area (Å²) in [6, 6.07) is 7.41. The number of nitrogens with zero attached hydrogens (tertiary/aromatic N) is 3. The summed E-state index contributed by atoms with van der Waals surface area (Å²) in [6.07, 6.45) is 1.48. The lowest BCUT2D eigenvalue weighted by atomic mass is 10.2. The van der Waals surface area contributed by atoms with Crippen LogP contribution in [-0.4, -0.2) is 26.8 Å². The molecule has 0 aliphatic rings. The Kier molecular flexibility index (Phi) is 4.69. The van der Waals surface area contributed by atoms with E-state index in [0.717, 1.165) is 10.2 Å². The molecule has 0 aliphatic heterocycles. The summed E-state index contributed by atoms with van der Waals surface area (Å²) in [5.74, 6) is -1.02. The molecule has 7 nitrogen and oxygen atoms in total. The van der Waals surface area contributed by atoms with Crippen molar-refractivity contribution in [1.29, 1.82) is 0 Å². The van der Waals surface area contributed by atoms with E-state index in [1.165, 1.54) is 10.9 Å². The molecule has 2 N–H and O–H groups in total. The van der Waals surface area contributed by atoms with Crippen molar-refractivity contribution in [3.63, 3.8) is 0 Å². The van der Waals surface area contributed by atoms with Crippen LogP contribution in [0.5, 0.6) is 0 Å². The molecule has 1 heterocycles. The number of halogens is 1. The van der Waals surface area contributed by atoms with E-state index in [9.17, 15) is 9.59 Å². The molecule has 0 saturated heterocycles. The molecule has 0 aliphatic carbocycles. The Balaban J connectivity index is 2.06. The van der Waals surface area contributed by atoms with E-state index in [4.69, 9.17) is 0 Å². The molecule has 0 spiro atoms. The minimum atomic E-state index is -0.523. The molecule has 0 bridgehead atoms. The van der Waals surface area contributed by atoms with Crippen molar-refractivity contribution < 1.29 is 9.59 Å². The average molecular weight is 352 g/mol. The first-order valence-corrected chi connectivity index (χ1v) is 7.05. The molecular weight excluding hydrogens is 338 g/mol. The molecule has 8 heteroatoms. The highest BCUT2D eigenvalue weighted by atomic mass is 79.9. The van der Waals surface area contributed by atoms with E-state index >= 15 is 0 Å². The third kappa shape index (κ3) is 3.88. The molecule has 2 amide bonds. The first-order valence-electron chi connectivity index (χ1n) is 6.26. The predicted octanol–water partition coefficient (Wildman–Crippen LogP) is 1.45. The van der Waals surface area contributed by atoms with Gasteiger partial charge < -0.3 is 0 Å². The van der Waals surface area contributed by atoms with Crippen LogP contribution in [0.3, 0.4) is 0 Å². The van der Waals surface area contributed by atoms with Crippen LogP contribution in [0.2, 0.25) is 0 Å². The minimum Gasteiger partial charge on any atom is -0.273 e. The molecule has 1 aromatic heterocycles. The summed E-state index contributed by atoms with van der Waals surface area (Å²) < 4.78 is 2.37. The third-order valence-corrected chi connectivity index (χ3v) is 3.12. The van der Waals surface area contributed by atoms with E-state index in [0.29, 0.717) is 0 Å². The van der Waals surface area contributed by atoms with Crippen molar-refractivity contribution in [3.8, 4) is 5.69 Å². The van der Waals surface area contributed by atoms with Gasteiger partial charge in [0.25, 0.3) is 5.91 Å². The zero-order valence-electron chi connectivity index (χ0n) is 11.5. The lowest BCUT2D eigenvalue weighted by Crippen LogP contribution is -2.43. The van der Waals surface area contributed by atoms with Gasteiger partial charge in [0.1, 0.15) is 0 Å². The maximum atomic E-state index is 11.8. The van der Waals surface area contributed by atoms with E-state index in [1.807, 2.05) is 24.3 Å². The van der Waals surface area contributed by atoms with Crippen LogP contribution in [0, 0.1) is 5.92 Å². The van der Waals surface area contributed by atoms with Crippen LogP contribution in [0.15, 0.2) is 34.9 Å². The Morgan fingerprint density at radius 2 is 2.05 bits per heavy atom. The summed E-state index contributed by atoms with van der Waals surface area (Å²) in [6.45, 7) is 3.45. The number of carbonyl (C=O) groups excluding carboxylic acids is 2. The zero-order chi connectivity index (χ0) is 15.4. The second kappa shape index (κ2) is 6.49. The van der Waals surface area contributed by atoms with Crippen molar-refractivity contribution in [1.82, 2.24) is 25.8 Å². The van der Waals surface area contributed by atoms with Gasteiger partial charge in [-0.25, -0.2) is 4.68 Å². The highest BCUT2D eigenvalue weighted by Crippen LogP contribution is 2.14. The Morgan fingerprint density at radius 1 is 1.29 bits per heavy atom. The van der Waals surface area contributed by atoms with E-state index in [1.54, 1.807) is 13.8 Å². The lowest BCUT2D eigenvalue weighted by molar-refractivity contribution is -0.124. The van der Waals surface area contributed by atoms with Crippen LogP contribution in [0.4, 0.5) is 0 Å². The van der Waals surface area contributed by atoms with Crippen LogP contribution >= 0.6 is 15.9 Å². The Morgan fingerprint density at radius 3 is 2.71 bits per heavy atom. The summed E-state index contributed by atoms with van der Waals surface area (Å²) in [5.41, 5.74) is 5.48. The second-order valence-corrected chi connectivity index (χ2v) is 5.54. The van der Waals surface area contributed by atoms with Gasteiger partial charge in [-0.1, -0.05) is 41.1 Å². The van der Waals surface area contributed by atoms with Crippen molar-refractivity contribution in [3.05, 3.63) is 40.6 Å². The van der Waals surface area contributed by atoms with Gasteiger partial charge in [0.15, 0.2) is 5.69 Å². The summed E-state index contributed by atoms with van der Waals surface area (Å²) in [5, 5.41) is 7.66. The number of amides is 2. The molecule has 1 aromatic carbocycles. The maximum absolute atomic E-state index is 11.8. The molecular formula is C13H14BrN5O2. The van der Waals surface area contributed by atoms with E-state index < -0.39 is 5.91 Å². The summed E-state index contributed by atoms with van der Waals surface area (Å²) in [7, 11) is 0. The Hall–Kier alpha value is -2.22. The van der Waals surface area contributed by atoms with E-state index in [2.05, 4.69) is 37.1 Å². The molecule has 0 fully saturated rings. The topological polar surface area (TPSA) is 88.9 Å². The van der Waals surface area contributed by atoms with Gasteiger partial charge in [-0.3, -0.25) is 20.4 Å². The number of carbonyl (C=O) groups is 2. The number of benzene rings is 1. The second-order valence-electron chi connectivity index (χ2n) is 4.63. The zero-order valence-corrected chi connectivity index (χ0v) is 13.1. The third-order valence-electron chi connectivity index (χ3n) is 2.62. The van der Waals surface area contributed by atoms with Gasteiger partial charge in [0, 0.05) is 10.4 Å². The molecule has 0 unspecified atom stereocenters. The number of rotatable bonds is 3. The predicted molar refractivity (Wildman–Crippen MR) is 79.5 cm³/mol. The van der Waals surface area contributed by atoms with Gasteiger partial charge >= 0.3 is 0 Å². The van der Waals surface area contributed by atoms with Crippen molar-refractivity contribution in [2.75, 3.05) is 0 Å². The Labute approximate surface area is 129 Å². The van der Waals surface area contributed by atoms with Gasteiger partial charge in [0.2, 0.25) is 5.91 Å². The highest BCUT2D eigenvalue weighted by Gasteiger charge is 2.13. The number of nitrogens with one attached hydrogen (secondary N) is 2. The molecule has 0 saturated carbocycles. The van der Waals surface area contributed by atoms with Gasteiger partial charge in [-0.15, -0.1) is 5.10 Å². The fourth-order valence-electron chi connectivity index (χ4n) is 1.44. The standard InChI is InChI=1S/C13H14BrN5O2/c1-8(2)12(20)16-17-13(21)11-7-19(18-15-11)10-5-3-4-9(14)6-10/h3-8H,1-2H3,(H,16,20)(H,17,21). The lowest BCUT2D eigenvalue weighted by Gasteiger charge is -2.07. The minimum absolute atomic E-state index is 0.110. The van der Waals surface area contributed by atoms with Crippen molar-refractivity contribution in [2.45, 2.75) is 13.8 Å². The largest absolute Gasteiger partial charge is 0.291 e. The SMILES string of the molecule is CC(C)C(=O)NNC(=O)c1cn(-c2cccc(Br)c2)nn1. The van der Waals surface area contributed by atoms with Crippen LogP contribution in [0.1, 0.15) is 24.3 Å². The summed E-state index contributed by atoms with van der Waals surface area (Å²) in [4.78, 5) is 23.2. The number of hydrazine groups is 1. The fourth-order valence-corrected chi connectivity index (χ4v) is 1.83. The Bertz CT molecular complexity index is 668. The normalized spacial score (nSPS) is 10.5. The molecule has 2 rings (SSSR count). The smallest absolute Gasteiger partial charge is 0.273 e. The summed E-state index contributed by atoms with van der Waals surface area (Å²) >= 11 is 3.36. The monoisotopic (exact) mass is 351 g/mol.